The number of hydrogen-bond acceptors (Lipinski definition) is 4. The Morgan fingerprint density at radius 1 is 0.960 bits per heavy atom. The largest absolute Gasteiger partial charge is 0.497 e. The maximum Gasteiger partial charge on any atom is 0.328 e. The summed E-state index contributed by atoms with van der Waals surface area (Å²) in [5, 5.41) is 2.85. The van der Waals surface area contributed by atoms with Crippen LogP contribution in [-0.4, -0.2) is 24.8 Å². The van der Waals surface area contributed by atoms with E-state index in [0.29, 0.717) is 16.5 Å². The lowest BCUT2D eigenvalue weighted by Gasteiger charge is -2.09. The zero-order chi connectivity index (χ0) is 18.4. The lowest BCUT2D eigenvalue weighted by molar-refractivity contribution is -0.136. The van der Waals surface area contributed by atoms with E-state index in [1.807, 2.05) is 5.43 Å². The topological polar surface area (TPSA) is 96.5 Å². The Bertz CT molecular complexity index is 827. The number of methoxy groups -OCH3 is 1. The number of hydrazine groups is 1. The predicted octanol–water partition coefficient (Wildman–Crippen LogP) is 2.40. The number of hydrogen-bond donors (Lipinski definition) is 3. The zero-order valence-corrected chi connectivity index (χ0v) is 14.4. The third kappa shape index (κ3) is 5.10. The predicted molar refractivity (Wildman–Crippen MR) is 93.7 cm³/mol. The Morgan fingerprint density at radius 3 is 2.40 bits per heavy atom. The molecule has 2 rings (SSSR count). The molecule has 3 amide bonds. The monoisotopic (exact) mass is 381 g/mol. The number of halogens is 2. The van der Waals surface area contributed by atoms with E-state index >= 15 is 0 Å². The molecule has 0 aliphatic rings. The molecule has 0 saturated heterocycles. The summed E-state index contributed by atoms with van der Waals surface area (Å²) in [7, 11) is 1.48. The number of nitrogens with one attached hydrogen (secondary N) is 3. The zero-order valence-electron chi connectivity index (χ0n) is 12.9. The molecule has 0 aliphatic carbocycles. The molecule has 130 valence electrons. The van der Waals surface area contributed by atoms with Crippen molar-refractivity contribution in [3.8, 4) is 5.75 Å². The standard InChI is InChI=1S/C16H13Cl2N3O4/c1-25-11-4-2-3-10(8-11)19-15(23)16(24)21-20-14(22)12-6-5-9(17)7-13(12)18/h2-8H,1H3,(H,19,23)(H,20,22)(H,21,24). The molecule has 0 atom stereocenters. The molecular weight excluding hydrogens is 369 g/mol. The number of carbonyl (C=O) groups is 3. The van der Waals surface area contributed by atoms with Gasteiger partial charge < -0.3 is 10.1 Å². The third-order valence-electron chi connectivity index (χ3n) is 3.00. The normalized spacial score (nSPS) is 9.88. The van der Waals surface area contributed by atoms with Crippen molar-refractivity contribution in [2.24, 2.45) is 0 Å². The van der Waals surface area contributed by atoms with E-state index in [-0.39, 0.29) is 10.6 Å². The fourth-order valence-corrected chi connectivity index (χ4v) is 2.29. The number of carbonyl (C=O) groups excluding carboxylic acids is 3. The van der Waals surface area contributed by atoms with Crippen LogP contribution in [0.25, 0.3) is 0 Å². The molecule has 0 radical (unpaired) electrons. The highest BCUT2D eigenvalue weighted by Crippen LogP contribution is 2.20. The lowest BCUT2D eigenvalue weighted by atomic mass is 10.2. The van der Waals surface area contributed by atoms with Crippen LogP contribution < -0.4 is 20.9 Å². The highest BCUT2D eigenvalue weighted by molar-refractivity contribution is 6.40. The fraction of sp³-hybridized carbons (Fsp3) is 0.0625. The van der Waals surface area contributed by atoms with Crippen LogP contribution in [-0.2, 0) is 9.59 Å². The average molecular weight is 382 g/mol. The number of anilines is 1. The molecule has 0 saturated carbocycles. The Labute approximate surface area is 153 Å². The molecule has 0 aliphatic heterocycles. The van der Waals surface area contributed by atoms with E-state index in [4.69, 9.17) is 27.9 Å². The van der Waals surface area contributed by atoms with E-state index in [9.17, 15) is 14.4 Å². The Balaban J connectivity index is 1.92. The minimum Gasteiger partial charge on any atom is -0.497 e. The SMILES string of the molecule is COc1cccc(NC(=O)C(=O)NNC(=O)c2ccc(Cl)cc2Cl)c1. The van der Waals surface area contributed by atoms with Crippen LogP contribution in [0.5, 0.6) is 5.75 Å². The van der Waals surface area contributed by atoms with Crippen molar-refractivity contribution in [3.05, 3.63) is 58.1 Å². The second-order valence-electron chi connectivity index (χ2n) is 4.72. The number of ether oxygens (including phenoxy) is 1. The van der Waals surface area contributed by atoms with Gasteiger partial charge in [-0.1, -0.05) is 29.3 Å². The maximum atomic E-state index is 11.9. The van der Waals surface area contributed by atoms with Gasteiger partial charge in [-0.2, -0.15) is 0 Å². The molecule has 0 aromatic heterocycles. The molecule has 9 heteroatoms. The second-order valence-corrected chi connectivity index (χ2v) is 5.56. The summed E-state index contributed by atoms with van der Waals surface area (Å²) >= 11 is 11.6. The minimum absolute atomic E-state index is 0.0968. The van der Waals surface area contributed by atoms with E-state index < -0.39 is 17.7 Å². The quantitative estimate of drug-likeness (QED) is 0.561. The molecule has 0 spiro atoms. The van der Waals surface area contributed by atoms with Crippen LogP contribution in [0.3, 0.4) is 0 Å². The summed E-state index contributed by atoms with van der Waals surface area (Å²) in [6, 6.07) is 10.7. The molecule has 0 heterocycles. The summed E-state index contributed by atoms with van der Waals surface area (Å²) in [6.45, 7) is 0. The van der Waals surface area contributed by atoms with Gasteiger partial charge in [0.05, 0.1) is 17.7 Å². The van der Waals surface area contributed by atoms with Gasteiger partial charge in [-0.25, -0.2) is 0 Å². The van der Waals surface area contributed by atoms with Gasteiger partial charge in [0.15, 0.2) is 0 Å². The highest BCUT2D eigenvalue weighted by atomic mass is 35.5. The first-order valence-corrected chi connectivity index (χ1v) is 7.67. The molecule has 2 aromatic carbocycles. The molecular formula is C16H13Cl2N3O4. The first-order chi connectivity index (χ1) is 11.9. The van der Waals surface area contributed by atoms with Crippen molar-refractivity contribution in [2.45, 2.75) is 0 Å². The van der Waals surface area contributed by atoms with Gasteiger partial charge in [-0.05, 0) is 30.3 Å². The van der Waals surface area contributed by atoms with E-state index in [0.717, 1.165) is 0 Å². The Hall–Kier alpha value is -2.77. The van der Waals surface area contributed by atoms with Gasteiger partial charge in [0, 0.05) is 16.8 Å². The molecule has 0 fully saturated rings. The van der Waals surface area contributed by atoms with Crippen molar-refractivity contribution in [3.63, 3.8) is 0 Å². The van der Waals surface area contributed by atoms with Crippen LogP contribution in [0.4, 0.5) is 5.69 Å². The maximum absolute atomic E-state index is 11.9. The Kier molecular flexibility index (Phi) is 6.21. The van der Waals surface area contributed by atoms with Gasteiger partial charge in [0.2, 0.25) is 0 Å². The summed E-state index contributed by atoms with van der Waals surface area (Å²) in [5.41, 5.74) is 4.56. The number of benzene rings is 2. The molecule has 3 N–H and O–H groups in total. The van der Waals surface area contributed by atoms with Crippen molar-refractivity contribution in [2.75, 3.05) is 12.4 Å². The van der Waals surface area contributed by atoms with Crippen molar-refractivity contribution >= 4 is 46.6 Å². The summed E-state index contributed by atoms with van der Waals surface area (Å²) in [6.07, 6.45) is 0. The van der Waals surface area contributed by atoms with Crippen LogP contribution in [0.1, 0.15) is 10.4 Å². The van der Waals surface area contributed by atoms with Gasteiger partial charge in [0.1, 0.15) is 5.75 Å². The molecule has 7 nitrogen and oxygen atoms in total. The van der Waals surface area contributed by atoms with Crippen LogP contribution in [0, 0.1) is 0 Å². The van der Waals surface area contributed by atoms with Crippen molar-refractivity contribution in [1.82, 2.24) is 10.9 Å². The van der Waals surface area contributed by atoms with Gasteiger partial charge in [-0.15, -0.1) is 0 Å². The van der Waals surface area contributed by atoms with Crippen molar-refractivity contribution in [1.29, 1.82) is 0 Å². The van der Waals surface area contributed by atoms with Gasteiger partial charge >= 0.3 is 11.8 Å². The third-order valence-corrected chi connectivity index (χ3v) is 3.55. The first kappa shape index (κ1) is 18.6. The van der Waals surface area contributed by atoms with E-state index in [1.165, 1.54) is 31.4 Å². The highest BCUT2D eigenvalue weighted by Gasteiger charge is 2.16. The summed E-state index contributed by atoms with van der Waals surface area (Å²) in [5.74, 6) is -2.19. The molecule has 0 bridgehead atoms. The molecule has 0 unspecified atom stereocenters. The second kappa shape index (κ2) is 8.36. The van der Waals surface area contributed by atoms with Crippen LogP contribution in [0.2, 0.25) is 10.0 Å². The van der Waals surface area contributed by atoms with Crippen LogP contribution >= 0.6 is 23.2 Å². The van der Waals surface area contributed by atoms with Crippen molar-refractivity contribution < 1.29 is 19.1 Å². The van der Waals surface area contributed by atoms with Gasteiger partial charge in [-0.3, -0.25) is 25.2 Å². The Morgan fingerprint density at radius 2 is 1.72 bits per heavy atom. The average Bonchev–Trinajstić information content (AvgIpc) is 2.59. The summed E-state index contributed by atoms with van der Waals surface area (Å²) < 4.78 is 5.01. The summed E-state index contributed by atoms with van der Waals surface area (Å²) in [4.78, 5) is 35.5. The van der Waals surface area contributed by atoms with Crippen LogP contribution in [0.15, 0.2) is 42.5 Å². The van der Waals surface area contributed by atoms with E-state index in [1.54, 1.807) is 18.2 Å². The first-order valence-electron chi connectivity index (χ1n) is 6.91. The number of rotatable bonds is 3. The fourth-order valence-electron chi connectivity index (χ4n) is 1.80. The molecule has 2 aromatic rings. The smallest absolute Gasteiger partial charge is 0.328 e. The van der Waals surface area contributed by atoms with Gasteiger partial charge in [0.25, 0.3) is 5.91 Å². The minimum atomic E-state index is -1.05. The lowest BCUT2D eigenvalue weighted by Crippen LogP contribution is -2.46. The molecule has 25 heavy (non-hydrogen) atoms. The number of amides is 3. The van der Waals surface area contributed by atoms with E-state index in [2.05, 4.69) is 10.7 Å².